The number of aromatic carboxylic acids is 1. The predicted octanol–water partition coefficient (Wildman–Crippen LogP) is 3.70. The second-order valence-electron chi connectivity index (χ2n) is 3.72. The Hall–Kier alpha value is -1.93. The third kappa shape index (κ3) is 3.14. The molecule has 0 aliphatic rings. The number of benzene rings is 1. The molecule has 104 valence electrons. The van der Waals surface area contributed by atoms with Crippen molar-refractivity contribution in [3.8, 4) is 5.75 Å². The Kier molecular flexibility index (Phi) is 4.35. The Morgan fingerprint density at radius 3 is 2.75 bits per heavy atom. The lowest BCUT2D eigenvalue weighted by Crippen LogP contribution is -2.03. The second-order valence-corrected chi connectivity index (χ2v) is 5.58. The molecule has 0 atom stereocenters. The number of carboxylic acid groups (broad SMARTS) is 1. The predicted molar refractivity (Wildman–Crippen MR) is 76.4 cm³/mol. The van der Waals surface area contributed by atoms with Crippen molar-refractivity contribution < 1.29 is 19.6 Å². The van der Waals surface area contributed by atoms with Crippen molar-refractivity contribution in [3.05, 3.63) is 54.7 Å². The maximum Gasteiger partial charge on any atom is 0.342 e. The molecule has 8 heteroatoms. The number of halogens is 1. The van der Waals surface area contributed by atoms with Crippen molar-refractivity contribution in [2.75, 3.05) is 0 Å². The van der Waals surface area contributed by atoms with E-state index >= 15 is 0 Å². The molecular weight excluding hydrogens is 350 g/mol. The summed E-state index contributed by atoms with van der Waals surface area (Å²) in [5.41, 5.74) is -0.847. The van der Waals surface area contributed by atoms with Gasteiger partial charge in [0, 0.05) is 16.6 Å². The van der Waals surface area contributed by atoms with Crippen LogP contribution < -0.4 is 4.74 Å². The molecular formula is C12H8BrNO5S. The fourth-order valence-corrected chi connectivity index (χ4v) is 2.89. The molecule has 0 saturated carbocycles. The number of nitro groups is 1. The number of hydrogen-bond donors (Lipinski definition) is 1. The molecule has 1 N–H and O–H groups in total. The highest BCUT2D eigenvalue weighted by molar-refractivity contribution is 9.10. The zero-order valence-electron chi connectivity index (χ0n) is 9.91. The summed E-state index contributed by atoms with van der Waals surface area (Å²) in [4.78, 5) is 21.9. The summed E-state index contributed by atoms with van der Waals surface area (Å²) in [7, 11) is 0. The molecule has 1 aromatic heterocycles. The number of carbonyl (C=O) groups is 1. The number of nitrogens with zero attached hydrogens (tertiary/aromatic N) is 1. The molecule has 0 saturated heterocycles. The van der Waals surface area contributed by atoms with E-state index in [-0.39, 0.29) is 12.4 Å². The average Bonchev–Trinajstić information content (AvgIpc) is 2.81. The highest BCUT2D eigenvalue weighted by Crippen LogP contribution is 2.27. The zero-order chi connectivity index (χ0) is 14.7. The Labute approximate surface area is 125 Å². The van der Waals surface area contributed by atoms with Crippen LogP contribution in [0.4, 0.5) is 5.69 Å². The topological polar surface area (TPSA) is 89.7 Å². The van der Waals surface area contributed by atoms with E-state index in [9.17, 15) is 14.9 Å². The highest BCUT2D eigenvalue weighted by Gasteiger charge is 2.20. The van der Waals surface area contributed by atoms with E-state index in [1.165, 1.54) is 17.4 Å². The summed E-state index contributed by atoms with van der Waals surface area (Å²) in [6.07, 6.45) is 0. The largest absolute Gasteiger partial charge is 0.488 e. The van der Waals surface area contributed by atoms with Gasteiger partial charge in [-0.1, -0.05) is 0 Å². The average molecular weight is 358 g/mol. The lowest BCUT2D eigenvalue weighted by atomic mass is 10.1. The SMILES string of the molecule is O=C(O)c1cc(OCc2sccc2Br)ccc1[N+](=O)[O-]. The standard InChI is InChI=1S/C12H8BrNO5S/c13-9-3-4-20-11(9)6-19-7-1-2-10(14(17)18)8(5-7)12(15)16/h1-5H,6H2,(H,15,16). The molecule has 0 radical (unpaired) electrons. The number of hydrogen-bond acceptors (Lipinski definition) is 5. The zero-order valence-corrected chi connectivity index (χ0v) is 12.3. The summed E-state index contributed by atoms with van der Waals surface area (Å²) in [6.45, 7) is 0.259. The van der Waals surface area contributed by atoms with E-state index in [4.69, 9.17) is 9.84 Å². The first-order valence-electron chi connectivity index (χ1n) is 5.35. The molecule has 2 rings (SSSR count). The van der Waals surface area contributed by atoms with Crippen LogP contribution in [0.15, 0.2) is 34.1 Å². The Bertz CT molecular complexity index is 670. The molecule has 0 spiro atoms. The van der Waals surface area contributed by atoms with Crippen LogP contribution in [-0.4, -0.2) is 16.0 Å². The van der Waals surface area contributed by atoms with Gasteiger partial charge in [-0.05, 0) is 33.4 Å². The minimum atomic E-state index is -1.36. The van der Waals surface area contributed by atoms with E-state index in [1.54, 1.807) is 0 Å². The van der Waals surface area contributed by atoms with Crippen LogP contribution in [0.3, 0.4) is 0 Å². The third-order valence-electron chi connectivity index (χ3n) is 2.46. The van der Waals surface area contributed by atoms with Crippen molar-refractivity contribution in [2.45, 2.75) is 6.61 Å². The van der Waals surface area contributed by atoms with Crippen molar-refractivity contribution in [1.29, 1.82) is 0 Å². The molecule has 1 aromatic carbocycles. The van der Waals surface area contributed by atoms with Crippen molar-refractivity contribution in [2.24, 2.45) is 0 Å². The van der Waals surface area contributed by atoms with Crippen molar-refractivity contribution >= 4 is 38.9 Å². The van der Waals surface area contributed by atoms with Crippen LogP contribution in [0.2, 0.25) is 0 Å². The van der Waals surface area contributed by atoms with Gasteiger partial charge >= 0.3 is 5.97 Å². The van der Waals surface area contributed by atoms with Crippen LogP contribution in [-0.2, 0) is 6.61 Å². The maximum absolute atomic E-state index is 11.0. The van der Waals surface area contributed by atoms with Crippen LogP contribution in [0, 0.1) is 10.1 Å². The number of nitro benzene ring substituents is 1. The maximum atomic E-state index is 11.0. The number of carboxylic acids is 1. The molecule has 2 aromatic rings. The van der Waals surface area contributed by atoms with Gasteiger partial charge in [-0.2, -0.15) is 0 Å². The van der Waals surface area contributed by atoms with Crippen molar-refractivity contribution in [1.82, 2.24) is 0 Å². The van der Waals surface area contributed by atoms with E-state index in [0.717, 1.165) is 21.5 Å². The second kappa shape index (κ2) is 6.02. The molecule has 0 aliphatic carbocycles. The molecule has 1 heterocycles. The summed E-state index contributed by atoms with van der Waals surface area (Å²) in [5, 5.41) is 21.6. The van der Waals surface area contributed by atoms with Gasteiger partial charge in [0.25, 0.3) is 5.69 Å². The van der Waals surface area contributed by atoms with E-state index in [2.05, 4.69) is 15.9 Å². The molecule has 0 fully saturated rings. The van der Waals surface area contributed by atoms with E-state index in [0.29, 0.717) is 0 Å². The number of ether oxygens (including phenoxy) is 1. The van der Waals surface area contributed by atoms with Gasteiger partial charge < -0.3 is 9.84 Å². The smallest absolute Gasteiger partial charge is 0.342 e. The quantitative estimate of drug-likeness (QED) is 0.650. The first-order chi connectivity index (χ1) is 9.49. The fraction of sp³-hybridized carbons (Fsp3) is 0.0833. The number of thiophene rings is 1. The van der Waals surface area contributed by atoms with Gasteiger partial charge in [-0.25, -0.2) is 4.79 Å². The monoisotopic (exact) mass is 357 g/mol. The Morgan fingerprint density at radius 2 is 2.20 bits per heavy atom. The summed E-state index contributed by atoms with van der Waals surface area (Å²) < 4.78 is 6.36. The summed E-state index contributed by atoms with van der Waals surface area (Å²) >= 11 is 4.85. The van der Waals surface area contributed by atoms with Crippen LogP contribution in [0.1, 0.15) is 15.2 Å². The lowest BCUT2D eigenvalue weighted by molar-refractivity contribution is -0.385. The first-order valence-corrected chi connectivity index (χ1v) is 7.02. The lowest BCUT2D eigenvalue weighted by Gasteiger charge is -2.06. The minimum Gasteiger partial charge on any atom is -0.488 e. The normalized spacial score (nSPS) is 10.2. The van der Waals surface area contributed by atoms with Gasteiger partial charge in [0.2, 0.25) is 0 Å². The van der Waals surface area contributed by atoms with E-state index in [1.807, 2.05) is 11.4 Å². The van der Waals surface area contributed by atoms with Gasteiger partial charge in [-0.15, -0.1) is 11.3 Å². The van der Waals surface area contributed by atoms with Crippen molar-refractivity contribution in [3.63, 3.8) is 0 Å². The van der Waals surface area contributed by atoms with Crippen LogP contribution in [0.5, 0.6) is 5.75 Å². The Balaban J connectivity index is 2.21. The van der Waals surface area contributed by atoms with Gasteiger partial charge in [0.05, 0.1) is 9.80 Å². The molecule has 0 unspecified atom stereocenters. The molecule has 0 amide bonds. The summed E-state index contributed by atoms with van der Waals surface area (Å²) in [6, 6.07) is 5.54. The molecule has 0 bridgehead atoms. The summed E-state index contributed by atoms with van der Waals surface area (Å²) in [5.74, 6) is -1.09. The van der Waals surface area contributed by atoms with Gasteiger partial charge in [0.15, 0.2) is 0 Å². The minimum absolute atomic E-state index is 0.259. The molecule has 20 heavy (non-hydrogen) atoms. The highest BCUT2D eigenvalue weighted by atomic mass is 79.9. The fourth-order valence-electron chi connectivity index (χ4n) is 1.51. The molecule has 0 aliphatic heterocycles. The number of rotatable bonds is 5. The van der Waals surface area contributed by atoms with Gasteiger partial charge in [0.1, 0.15) is 17.9 Å². The van der Waals surface area contributed by atoms with E-state index < -0.39 is 22.1 Å². The first kappa shape index (κ1) is 14.5. The molecule has 6 nitrogen and oxygen atoms in total. The Morgan fingerprint density at radius 1 is 1.45 bits per heavy atom. The van der Waals surface area contributed by atoms with Crippen LogP contribution >= 0.6 is 27.3 Å². The van der Waals surface area contributed by atoms with Crippen LogP contribution in [0.25, 0.3) is 0 Å². The van der Waals surface area contributed by atoms with Gasteiger partial charge in [-0.3, -0.25) is 10.1 Å². The third-order valence-corrected chi connectivity index (χ3v) is 4.36.